The van der Waals surface area contributed by atoms with E-state index in [0.29, 0.717) is 6.54 Å². The Morgan fingerprint density at radius 1 is 1.79 bits per heavy atom. The van der Waals surface area contributed by atoms with Crippen LogP contribution in [-0.2, 0) is 9.53 Å². The van der Waals surface area contributed by atoms with E-state index in [1.807, 2.05) is 12.1 Å². The molecule has 1 aromatic heterocycles. The second kappa shape index (κ2) is 5.29. The summed E-state index contributed by atoms with van der Waals surface area (Å²) in [6, 6.07) is 3.68. The van der Waals surface area contributed by atoms with Crippen molar-refractivity contribution in [2.75, 3.05) is 19.0 Å². The van der Waals surface area contributed by atoms with E-state index < -0.39 is 12.1 Å². The van der Waals surface area contributed by atoms with Gasteiger partial charge in [-0.25, -0.2) is 0 Å². The van der Waals surface area contributed by atoms with Gasteiger partial charge >= 0.3 is 5.97 Å². The van der Waals surface area contributed by atoms with Crippen molar-refractivity contribution in [3.63, 3.8) is 0 Å². The molecule has 1 atom stereocenters. The van der Waals surface area contributed by atoms with Crippen LogP contribution in [0.2, 0.25) is 0 Å². The summed E-state index contributed by atoms with van der Waals surface area (Å²) >= 11 is 0. The van der Waals surface area contributed by atoms with Crippen molar-refractivity contribution in [3.8, 4) is 0 Å². The Labute approximate surface area is 82.1 Å². The fourth-order valence-corrected chi connectivity index (χ4v) is 1.02. The van der Waals surface area contributed by atoms with Crippen LogP contribution < -0.4 is 5.32 Å². The molecule has 1 unspecified atom stereocenters. The molecule has 5 heteroatoms. The fourth-order valence-electron chi connectivity index (χ4n) is 1.02. The summed E-state index contributed by atoms with van der Waals surface area (Å²) in [7, 11) is 1.30. The number of rotatable bonds is 5. The maximum atomic E-state index is 10.8. The molecule has 0 aliphatic carbocycles. The minimum atomic E-state index is -0.731. The van der Waals surface area contributed by atoms with Crippen LogP contribution in [0, 0.1) is 0 Å². The van der Waals surface area contributed by atoms with E-state index >= 15 is 0 Å². The summed E-state index contributed by atoms with van der Waals surface area (Å²) in [4.78, 5) is 13.7. The molecule has 0 fully saturated rings. The molecule has 5 nitrogen and oxygen atoms in total. The number of carbonyl (C=O) groups is 1. The number of H-pyrrole nitrogens is 1. The van der Waals surface area contributed by atoms with Gasteiger partial charge in [-0.2, -0.15) is 0 Å². The Bertz CT molecular complexity index is 272. The highest BCUT2D eigenvalue weighted by Gasteiger charge is 2.10. The second-order valence-corrected chi connectivity index (χ2v) is 2.90. The van der Waals surface area contributed by atoms with Crippen LogP contribution in [0.25, 0.3) is 0 Å². The van der Waals surface area contributed by atoms with Crippen LogP contribution >= 0.6 is 0 Å². The number of ether oxygens (including phenoxy) is 1. The van der Waals surface area contributed by atoms with Crippen LogP contribution in [0.15, 0.2) is 18.3 Å². The molecule has 0 spiro atoms. The lowest BCUT2D eigenvalue weighted by Gasteiger charge is -2.09. The third-order valence-corrected chi connectivity index (χ3v) is 1.76. The van der Waals surface area contributed by atoms with E-state index in [2.05, 4.69) is 15.0 Å². The molecular weight excluding hydrogens is 184 g/mol. The molecule has 1 rings (SSSR count). The topological polar surface area (TPSA) is 74.3 Å². The SMILES string of the molecule is COC(=O)CC(O)CNc1ccc[nH]1. The Hall–Kier alpha value is -1.49. The summed E-state index contributed by atoms with van der Waals surface area (Å²) in [5.41, 5.74) is 0. The van der Waals surface area contributed by atoms with Crippen LogP contribution in [0.4, 0.5) is 5.82 Å². The van der Waals surface area contributed by atoms with Crippen LogP contribution in [0.1, 0.15) is 6.42 Å². The van der Waals surface area contributed by atoms with Gasteiger partial charge in [-0.1, -0.05) is 0 Å². The largest absolute Gasteiger partial charge is 0.469 e. The predicted molar refractivity (Wildman–Crippen MR) is 51.9 cm³/mol. The number of aliphatic hydroxyl groups excluding tert-OH is 1. The monoisotopic (exact) mass is 198 g/mol. The normalized spacial score (nSPS) is 12.1. The van der Waals surface area contributed by atoms with E-state index in [0.717, 1.165) is 5.82 Å². The van der Waals surface area contributed by atoms with Gasteiger partial charge < -0.3 is 20.1 Å². The van der Waals surface area contributed by atoms with Gasteiger partial charge in [0.2, 0.25) is 0 Å². The fraction of sp³-hybridized carbons (Fsp3) is 0.444. The molecular formula is C9H14N2O3. The number of aliphatic hydroxyl groups is 1. The lowest BCUT2D eigenvalue weighted by atomic mass is 10.2. The van der Waals surface area contributed by atoms with Crippen molar-refractivity contribution in [3.05, 3.63) is 18.3 Å². The second-order valence-electron chi connectivity index (χ2n) is 2.90. The molecule has 0 aliphatic rings. The van der Waals surface area contributed by atoms with Gasteiger partial charge in [0.1, 0.15) is 5.82 Å². The number of anilines is 1. The Morgan fingerprint density at radius 3 is 3.14 bits per heavy atom. The molecule has 0 aliphatic heterocycles. The zero-order valence-electron chi connectivity index (χ0n) is 7.99. The smallest absolute Gasteiger partial charge is 0.308 e. The molecule has 0 radical (unpaired) electrons. The summed E-state index contributed by atoms with van der Waals surface area (Å²) in [5, 5.41) is 12.3. The molecule has 14 heavy (non-hydrogen) atoms. The molecule has 78 valence electrons. The van der Waals surface area contributed by atoms with Crippen molar-refractivity contribution >= 4 is 11.8 Å². The molecule has 0 saturated carbocycles. The van der Waals surface area contributed by atoms with Gasteiger partial charge in [-0.05, 0) is 12.1 Å². The number of hydrogen-bond donors (Lipinski definition) is 3. The number of aromatic amines is 1. The average Bonchev–Trinajstić information content (AvgIpc) is 2.67. The van der Waals surface area contributed by atoms with Gasteiger partial charge in [-0.15, -0.1) is 0 Å². The first-order valence-corrected chi connectivity index (χ1v) is 4.34. The quantitative estimate of drug-likeness (QED) is 0.597. The van der Waals surface area contributed by atoms with Gasteiger partial charge in [-0.3, -0.25) is 4.79 Å². The molecule has 0 aromatic carbocycles. The Balaban J connectivity index is 2.21. The highest BCUT2D eigenvalue weighted by molar-refractivity contribution is 5.69. The van der Waals surface area contributed by atoms with E-state index in [-0.39, 0.29) is 6.42 Å². The number of hydrogen-bond acceptors (Lipinski definition) is 4. The minimum Gasteiger partial charge on any atom is -0.469 e. The number of aromatic nitrogens is 1. The third-order valence-electron chi connectivity index (χ3n) is 1.76. The van der Waals surface area contributed by atoms with E-state index in [4.69, 9.17) is 0 Å². The summed E-state index contributed by atoms with van der Waals surface area (Å²) < 4.78 is 4.42. The zero-order chi connectivity index (χ0) is 10.4. The van der Waals surface area contributed by atoms with Crippen molar-refractivity contribution in [2.45, 2.75) is 12.5 Å². The molecule has 3 N–H and O–H groups in total. The standard InChI is InChI=1S/C9H14N2O3/c1-14-9(13)5-7(12)6-11-8-3-2-4-10-8/h2-4,7,10-12H,5-6H2,1H3. The van der Waals surface area contributed by atoms with E-state index in [1.165, 1.54) is 7.11 Å². The maximum absolute atomic E-state index is 10.8. The lowest BCUT2D eigenvalue weighted by Crippen LogP contribution is -2.23. The first-order chi connectivity index (χ1) is 6.72. The predicted octanol–water partition coefficient (Wildman–Crippen LogP) is 0.351. The molecule has 0 amide bonds. The minimum absolute atomic E-state index is 0.00418. The van der Waals surface area contributed by atoms with Gasteiger partial charge in [0.15, 0.2) is 0 Å². The molecule has 1 aromatic rings. The summed E-state index contributed by atoms with van der Waals surface area (Å²) in [6.07, 6.45) is 1.05. The first kappa shape index (κ1) is 10.6. The highest BCUT2D eigenvalue weighted by Crippen LogP contribution is 2.02. The van der Waals surface area contributed by atoms with Crippen molar-refractivity contribution in [1.29, 1.82) is 0 Å². The van der Waals surface area contributed by atoms with Crippen LogP contribution in [0.3, 0.4) is 0 Å². The number of carbonyl (C=O) groups excluding carboxylic acids is 1. The maximum Gasteiger partial charge on any atom is 0.308 e. The summed E-state index contributed by atoms with van der Waals surface area (Å²) in [5.74, 6) is 0.403. The molecule has 0 saturated heterocycles. The van der Waals surface area contributed by atoms with Crippen molar-refractivity contribution < 1.29 is 14.6 Å². The molecule has 0 bridgehead atoms. The van der Waals surface area contributed by atoms with E-state index in [1.54, 1.807) is 6.20 Å². The Morgan fingerprint density at radius 2 is 2.57 bits per heavy atom. The molecule has 1 heterocycles. The van der Waals surface area contributed by atoms with Crippen LogP contribution in [-0.4, -0.2) is 35.8 Å². The summed E-state index contributed by atoms with van der Waals surface area (Å²) in [6.45, 7) is 0.315. The van der Waals surface area contributed by atoms with Gasteiger partial charge in [0.25, 0.3) is 0 Å². The lowest BCUT2D eigenvalue weighted by molar-refractivity contribution is -0.142. The highest BCUT2D eigenvalue weighted by atomic mass is 16.5. The van der Waals surface area contributed by atoms with Crippen molar-refractivity contribution in [1.82, 2.24) is 4.98 Å². The first-order valence-electron chi connectivity index (χ1n) is 4.34. The van der Waals surface area contributed by atoms with Crippen LogP contribution in [0.5, 0.6) is 0 Å². The van der Waals surface area contributed by atoms with E-state index in [9.17, 15) is 9.90 Å². The number of esters is 1. The number of methoxy groups -OCH3 is 1. The van der Waals surface area contributed by atoms with Gasteiger partial charge in [0.05, 0.1) is 19.6 Å². The van der Waals surface area contributed by atoms with Gasteiger partial charge in [0, 0.05) is 12.7 Å². The third kappa shape index (κ3) is 3.49. The number of nitrogens with one attached hydrogen (secondary N) is 2. The van der Waals surface area contributed by atoms with Crippen molar-refractivity contribution in [2.24, 2.45) is 0 Å². The average molecular weight is 198 g/mol. The Kier molecular flexibility index (Phi) is 4.00. The zero-order valence-corrected chi connectivity index (χ0v) is 7.99.